The Morgan fingerprint density at radius 3 is 2.53 bits per heavy atom. The molecule has 10 heteroatoms. The standard InChI is InChI=1S/C26H29FN6O3/c1-30-8-10-32(11-9-30)25(34)29-22-7-5-18(15-20(22)27)17-4-6-21-19(14-17)24-23(16-28-21)31(2)26(35)33(24)12-13-36-3/h4-7,14-16H,8-13H2,1-3H3,(H,29,34). The van der Waals surface area contributed by atoms with E-state index in [9.17, 15) is 9.59 Å². The molecule has 0 radical (unpaired) electrons. The van der Waals surface area contributed by atoms with Crippen molar-refractivity contribution in [2.75, 3.05) is 52.3 Å². The molecule has 0 aliphatic carbocycles. The molecule has 2 aromatic carbocycles. The highest BCUT2D eigenvalue weighted by molar-refractivity contribution is 6.04. The van der Waals surface area contributed by atoms with Crippen LogP contribution in [0.25, 0.3) is 33.1 Å². The smallest absolute Gasteiger partial charge is 0.328 e. The number of amides is 2. The fraction of sp³-hybridized carbons (Fsp3) is 0.346. The molecule has 2 amide bonds. The van der Waals surface area contributed by atoms with Gasteiger partial charge in [-0.25, -0.2) is 14.0 Å². The molecule has 4 aromatic rings. The fourth-order valence-corrected chi connectivity index (χ4v) is 4.65. The topological polar surface area (TPSA) is 84.6 Å². The Kier molecular flexibility index (Phi) is 6.46. The van der Waals surface area contributed by atoms with Crippen LogP contribution in [0.1, 0.15) is 0 Å². The minimum absolute atomic E-state index is 0.143. The summed E-state index contributed by atoms with van der Waals surface area (Å²) in [6.45, 7) is 3.60. The van der Waals surface area contributed by atoms with Gasteiger partial charge < -0.3 is 19.9 Å². The van der Waals surface area contributed by atoms with E-state index in [1.807, 2.05) is 25.2 Å². The number of anilines is 1. The third kappa shape index (κ3) is 4.33. The molecule has 0 atom stereocenters. The van der Waals surface area contributed by atoms with Gasteiger partial charge in [0.1, 0.15) is 5.82 Å². The van der Waals surface area contributed by atoms with Crippen molar-refractivity contribution in [3.8, 4) is 11.1 Å². The van der Waals surface area contributed by atoms with E-state index in [4.69, 9.17) is 4.74 Å². The number of likely N-dealkylation sites (N-methyl/N-ethyl adjacent to an activating group) is 1. The molecule has 1 saturated heterocycles. The number of ether oxygens (including phenoxy) is 1. The molecule has 3 heterocycles. The van der Waals surface area contributed by atoms with Gasteiger partial charge in [-0.2, -0.15) is 0 Å². The quantitative estimate of drug-likeness (QED) is 0.463. The predicted octanol–water partition coefficient (Wildman–Crippen LogP) is 3.12. The van der Waals surface area contributed by atoms with Gasteiger partial charge in [-0.15, -0.1) is 0 Å². The van der Waals surface area contributed by atoms with Crippen LogP contribution in [0.3, 0.4) is 0 Å². The first kappa shape index (κ1) is 24.0. The van der Waals surface area contributed by atoms with Crippen molar-refractivity contribution in [3.05, 3.63) is 58.9 Å². The molecular formula is C26H29FN6O3. The number of pyridine rings is 1. The lowest BCUT2D eigenvalue weighted by Gasteiger charge is -2.32. The van der Waals surface area contributed by atoms with Gasteiger partial charge in [-0.1, -0.05) is 12.1 Å². The first-order valence-electron chi connectivity index (χ1n) is 11.9. The number of imidazole rings is 1. The maximum Gasteiger partial charge on any atom is 0.328 e. The van der Waals surface area contributed by atoms with Crippen LogP contribution in [0.5, 0.6) is 0 Å². The molecule has 5 rings (SSSR count). The number of aromatic nitrogens is 3. The van der Waals surface area contributed by atoms with Gasteiger partial charge in [0.15, 0.2) is 0 Å². The van der Waals surface area contributed by atoms with Gasteiger partial charge in [0.25, 0.3) is 0 Å². The number of piperazine rings is 1. The molecule has 2 aromatic heterocycles. The van der Waals surface area contributed by atoms with E-state index in [0.29, 0.717) is 37.3 Å². The van der Waals surface area contributed by atoms with E-state index in [0.717, 1.165) is 35.1 Å². The lowest BCUT2D eigenvalue weighted by atomic mass is 10.0. The minimum Gasteiger partial charge on any atom is -0.383 e. The Morgan fingerprint density at radius 2 is 1.81 bits per heavy atom. The number of carbonyl (C=O) groups is 1. The zero-order valence-electron chi connectivity index (χ0n) is 20.6. The second kappa shape index (κ2) is 9.71. The average Bonchev–Trinajstić information content (AvgIpc) is 3.13. The van der Waals surface area contributed by atoms with Crippen LogP contribution in [0, 0.1) is 5.82 Å². The van der Waals surface area contributed by atoms with Crippen molar-refractivity contribution in [1.82, 2.24) is 23.9 Å². The van der Waals surface area contributed by atoms with Gasteiger partial charge in [0.05, 0.1) is 41.6 Å². The van der Waals surface area contributed by atoms with Crippen LogP contribution in [-0.2, 0) is 18.3 Å². The molecule has 1 N–H and O–H groups in total. The highest BCUT2D eigenvalue weighted by Crippen LogP contribution is 2.30. The van der Waals surface area contributed by atoms with E-state index in [1.165, 1.54) is 6.07 Å². The molecule has 36 heavy (non-hydrogen) atoms. The van der Waals surface area contributed by atoms with Crippen LogP contribution in [0.2, 0.25) is 0 Å². The summed E-state index contributed by atoms with van der Waals surface area (Å²) in [5, 5.41) is 3.49. The Bertz CT molecular complexity index is 1500. The van der Waals surface area contributed by atoms with Crippen molar-refractivity contribution in [2.24, 2.45) is 7.05 Å². The Hall–Kier alpha value is -3.76. The molecule has 9 nitrogen and oxygen atoms in total. The highest BCUT2D eigenvalue weighted by atomic mass is 19.1. The summed E-state index contributed by atoms with van der Waals surface area (Å²) in [4.78, 5) is 33.8. The maximum absolute atomic E-state index is 15.0. The summed E-state index contributed by atoms with van der Waals surface area (Å²) in [6.07, 6.45) is 1.69. The number of nitrogens with zero attached hydrogens (tertiary/aromatic N) is 5. The van der Waals surface area contributed by atoms with Gasteiger partial charge in [0, 0.05) is 45.7 Å². The van der Waals surface area contributed by atoms with E-state index in [1.54, 1.807) is 46.5 Å². The molecule has 1 aliphatic heterocycles. The number of carbonyl (C=O) groups excluding carboxylic acids is 1. The number of nitrogens with one attached hydrogen (secondary N) is 1. The third-order valence-electron chi connectivity index (χ3n) is 6.82. The first-order valence-corrected chi connectivity index (χ1v) is 11.9. The second-order valence-electron chi connectivity index (χ2n) is 9.13. The van der Waals surface area contributed by atoms with Gasteiger partial charge in [-0.05, 0) is 42.4 Å². The van der Waals surface area contributed by atoms with Gasteiger partial charge in [-0.3, -0.25) is 14.1 Å². The molecule has 0 spiro atoms. The van der Waals surface area contributed by atoms with Crippen molar-refractivity contribution < 1.29 is 13.9 Å². The molecule has 1 aliphatic rings. The van der Waals surface area contributed by atoms with Gasteiger partial charge >= 0.3 is 11.7 Å². The summed E-state index contributed by atoms with van der Waals surface area (Å²) in [6, 6.07) is 10.1. The summed E-state index contributed by atoms with van der Waals surface area (Å²) in [7, 11) is 5.33. The van der Waals surface area contributed by atoms with Crippen LogP contribution in [-0.4, -0.2) is 76.9 Å². The van der Waals surface area contributed by atoms with Gasteiger partial charge in [0.2, 0.25) is 0 Å². The summed E-state index contributed by atoms with van der Waals surface area (Å²) >= 11 is 0. The average molecular weight is 493 g/mol. The van der Waals surface area contributed by atoms with Crippen molar-refractivity contribution in [1.29, 1.82) is 0 Å². The molecule has 0 unspecified atom stereocenters. The number of hydrogen-bond donors (Lipinski definition) is 1. The normalized spacial score (nSPS) is 14.6. The number of benzene rings is 2. The molecule has 1 fully saturated rings. The Balaban J connectivity index is 1.48. The SMILES string of the molecule is COCCn1c(=O)n(C)c2cnc3ccc(-c4ccc(NC(=O)N5CCN(C)CC5)c(F)c4)cc3c21. The lowest BCUT2D eigenvalue weighted by molar-refractivity contribution is 0.164. The van der Waals surface area contributed by atoms with Crippen molar-refractivity contribution in [3.63, 3.8) is 0 Å². The largest absolute Gasteiger partial charge is 0.383 e. The molecule has 0 saturated carbocycles. The van der Waals surface area contributed by atoms with E-state index in [-0.39, 0.29) is 17.4 Å². The Morgan fingerprint density at radius 1 is 1.08 bits per heavy atom. The molecule has 188 valence electrons. The molecular weight excluding hydrogens is 463 g/mol. The fourth-order valence-electron chi connectivity index (χ4n) is 4.65. The number of rotatable bonds is 5. The number of hydrogen-bond acceptors (Lipinski definition) is 5. The zero-order valence-corrected chi connectivity index (χ0v) is 20.6. The van der Waals surface area contributed by atoms with Crippen LogP contribution in [0.4, 0.5) is 14.9 Å². The molecule has 0 bridgehead atoms. The number of urea groups is 1. The highest BCUT2D eigenvalue weighted by Gasteiger charge is 2.20. The van der Waals surface area contributed by atoms with E-state index in [2.05, 4.69) is 15.2 Å². The third-order valence-corrected chi connectivity index (χ3v) is 6.82. The minimum atomic E-state index is -0.511. The van der Waals surface area contributed by atoms with Crippen LogP contribution >= 0.6 is 0 Å². The predicted molar refractivity (Wildman–Crippen MR) is 138 cm³/mol. The number of aryl methyl sites for hydroxylation is 1. The van der Waals surface area contributed by atoms with E-state index < -0.39 is 5.82 Å². The lowest BCUT2D eigenvalue weighted by Crippen LogP contribution is -2.48. The monoisotopic (exact) mass is 492 g/mol. The van der Waals surface area contributed by atoms with Crippen LogP contribution in [0.15, 0.2) is 47.4 Å². The van der Waals surface area contributed by atoms with E-state index >= 15 is 4.39 Å². The summed E-state index contributed by atoms with van der Waals surface area (Å²) in [5.74, 6) is -0.511. The summed E-state index contributed by atoms with van der Waals surface area (Å²) in [5.41, 5.74) is 3.65. The second-order valence-corrected chi connectivity index (χ2v) is 9.13. The summed E-state index contributed by atoms with van der Waals surface area (Å²) < 4.78 is 23.5. The van der Waals surface area contributed by atoms with Crippen molar-refractivity contribution in [2.45, 2.75) is 6.54 Å². The Labute approximate surface area is 207 Å². The first-order chi connectivity index (χ1) is 17.4. The number of fused-ring (bicyclic) bond motifs is 3. The maximum atomic E-state index is 15.0. The number of methoxy groups -OCH3 is 1. The van der Waals surface area contributed by atoms with Crippen LogP contribution < -0.4 is 11.0 Å². The van der Waals surface area contributed by atoms with Crippen molar-refractivity contribution >= 4 is 33.7 Å². The number of halogens is 1. The zero-order chi connectivity index (χ0) is 25.4.